The predicted molar refractivity (Wildman–Crippen MR) is 68.9 cm³/mol. The van der Waals surface area contributed by atoms with Gasteiger partial charge in [0.2, 0.25) is 0 Å². The van der Waals surface area contributed by atoms with Gasteiger partial charge in [-0.05, 0) is 11.1 Å². The summed E-state index contributed by atoms with van der Waals surface area (Å²) >= 11 is 0. The van der Waals surface area contributed by atoms with Crippen LogP contribution in [-0.4, -0.2) is 23.0 Å². The predicted octanol–water partition coefficient (Wildman–Crippen LogP) is 2.60. The van der Waals surface area contributed by atoms with Gasteiger partial charge in [0.05, 0.1) is 6.61 Å². The quantitative estimate of drug-likeness (QED) is 0.810. The van der Waals surface area contributed by atoms with Gasteiger partial charge in [0.15, 0.2) is 5.60 Å². The first-order valence-electron chi connectivity index (χ1n) is 5.91. The van der Waals surface area contributed by atoms with Crippen LogP contribution >= 0.6 is 0 Å². The van der Waals surface area contributed by atoms with E-state index in [9.17, 15) is 9.90 Å². The average Bonchev–Trinajstić information content (AvgIpc) is 2.71. The number of aliphatic hydroxyl groups excluding tert-OH is 1. The third-order valence-electron chi connectivity index (χ3n) is 3.50. The van der Waals surface area contributed by atoms with Crippen LogP contribution < -0.4 is 0 Å². The lowest BCUT2D eigenvalue weighted by Crippen LogP contribution is -2.35. The Bertz CT molecular complexity index is 603. The lowest BCUT2D eigenvalue weighted by Gasteiger charge is -2.27. The highest BCUT2D eigenvalue weighted by atomic mass is 16.7. The van der Waals surface area contributed by atoms with Crippen molar-refractivity contribution in [1.29, 1.82) is 0 Å². The molecule has 0 saturated carbocycles. The van der Waals surface area contributed by atoms with Crippen LogP contribution in [0.5, 0.6) is 0 Å². The maximum Gasteiger partial charge on any atom is 0.507 e. The molecule has 19 heavy (non-hydrogen) atoms. The van der Waals surface area contributed by atoms with Crippen LogP contribution in [0.1, 0.15) is 11.1 Å². The smallest absolute Gasteiger partial charge is 0.450 e. The fourth-order valence-corrected chi connectivity index (χ4v) is 2.75. The summed E-state index contributed by atoms with van der Waals surface area (Å²) in [6, 6.07) is 14.7. The molecule has 2 aromatic carbocycles. The van der Waals surface area contributed by atoms with Crippen molar-refractivity contribution >= 4 is 6.16 Å². The molecule has 4 heteroatoms. The lowest BCUT2D eigenvalue weighted by molar-refractivity contribution is -0.0273. The molecule has 0 amide bonds. The topological polar surface area (TPSA) is 66.8 Å². The summed E-state index contributed by atoms with van der Waals surface area (Å²) in [7, 11) is 0. The van der Waals surface area contributed by atoms with Gasteiger partial charge in [-0.1, -0.05) is 48.5 Å². The molecule has 2 aromatic rings. The number of ether oxygens (including phenoxy) is 1. The molecule has 4 nitrogen and oxygen atoms in total. The van der Waals surface area contributed by atoms with Crippen molar-refractivity contribution in [2.45, 2.75) is 5.60 Å². The fourth-order valence-electron chi connectivity index (χ4n) is 2.75. The SMILES string of the molecule is O=C(O)OC1(CO)c2ccccc2-c2ccccc21. The van der Waals surface area contributed by atoms with Gasteiger partial charge in [-0.15, -0.1) is 0 Å². The van der Waals surface area contributed by atoms with Crippen LogP contribution in [0.4, 0.5) is 4.79 Å². The van der Waals surface area contributed by atoms with Gasteiger partial charge in [-0.3, -0.25) is 0 Å². The number of aliphatic hydroxyl groups is 1. The number of hydrogen-bond donors (Lipinski definition) is 2. The number of carboxylic acid groups (broad SMARTS) is 1. The third-order valence-corrected chi connectivity index (χ3v) is 3.50. The van der Waals surface area contributed by atoms with Crippen molar-refractivity contribution in [3.8, 4) is 11.1 Å². The molecule has 0 aromatic heterocycles. The van der Waals surface area contributed by atoms with Gasteiger partial charge in [0.25, 0.3) is 0 Å². The number of benzene rings is 2. The number of carbonyl (C=O) groups is 1. The first-order chi connectivity index (χ1) is 9.19. The molecule has 0 aliphatic heterocycles. The van der Waals surface area contributed by atoms with E-state index in [1.54, 1.807) is 24.3 Å². The van der Waals surface area contributed by atoms with Crippen LogP contribution in [0.25, 0.3) is 11.1 Å². The van der Waals surface area contributed by atoms with E-state index < -0.39 is 18.4 Å². The van der Waals surface area contributed by atoms with Gasteiger partial charge in [-0.25, -0.2) is 4.79 Å². The van der Waals surface area contributed by atoms with Crippen LogP contribution in [0.15, 0.2) is 48.5 Å². The minimum Gasteiger partial charge on any atom is -0.450 e. The second kappa shape index (κ2) is 4.10. The molecular weight excluding hydrogens is 244 g/mol. The normalized spacial score (nSPS) is 14.6. The van der Waals surface area contributed by atoms with Crippen LogP contribution in [0.3, 0.4) is 0 Å². The molecule has 0 fully saturated rings. The van der Waals surface area contributed by atoms with E-state index in [2.05, 4.69) is 0 Å². The molecule has 0 saturated heterocycles. The zero-order chi connectivity index (χ0) is 13.5. The summed E-state index contributed by atoms with van der Waals surface area (Å²) in [4.78, 5) is 11.0. The largest absolute Gasteiger partial charge is 0.507 e. The van der Waals surface area contributed by atoms with E-state index in [1.165, 1.54) is 0 Å². The van der Waals surface area contributed by atoms with Crippen molar-refractivity contribution < 1.29 is 19.7 Å². The van der Waals surface area contributed by atoms with Crippen molar-refractivity contribution in [2.24, 2.45) is 0 Å². The minimum atomic E-state index is -1.40. The maximum absolute atomic E-state index is 11.0. The van der Waals surface area contributed by atoms with Crippen LogP contribution in [0, 0.1) is 0 Å². The summed E-state index contributed by atoms with van der Waals surface area (Å²) in [5.41, 5.74) is 1.84. The van der Waals surface area contributed by atoms with Crippen molar-refractivity contribution in [3.05, 3.63) is 59.7 Å². The van der Waals surface area contributed by atoms with E-state index in [1.807, 2.05) is 24.3 Å². The fraction of sp³-hybridized carbons (Fsp3) is 0.133. The number of rotatable bonds is 2. The van der Waals surface area contributed by atoms with E-state index in [0.717, 1.165) is 11.1 Å². The Labute approximate surface area is 109 Å². The molecule has 0 spiro atoms. The summed E-state index contributed by atoms with van der Waals surface area (Å²) in [6.45, 7) is -0.423. The highest BCUT2D eigenvalue weighted by Gasteiger charge is 2.46. The standard InChI is InChI=1S/C15H12O4/c16-9-15(19-14(17)18)12-7-3-1-5-10(12)11-6-2-4-8-13(11)15/h1-8,16H,9H2,(H,17,18). The third kappa shape index (κ3) is 1.54. The van der Waals surface area contributed by atoms with Gasteiger partial charge >= 0.3 is 6.16 Å². The molecule has 0 unspecified atom stereocenters. The highest BCUT2D eigenvalue weighted by molar-refractivity contribution is 5.81. The van der Waals surface area contributed by atoms with Gasteiger partial charge in [0.1, 0.15) is 0 Å². The Kier molecular flexibility index (Phi) is 2.54. The van der Waals surface area contributed by atoms with Crippen LogP contribution in [-0.2, 0) is 10.3 Å². The zero-order valence-corrected chi connectivity index (χ0v) is 10.0. The van der Waals surface area contributed by atoms with Gasteiger partial charge in [0, 0.05) is 11.1 Å². The summed E-state index contributed by atoms with van der Waals surface area (Å²) in [5, 5.41) is 18.8. The molecule has 0 atom stereocenters. The first-order valence-corrected chi connectivity index (χ1v) is 5.91. The van der Waals surface area contributed by atoms with E-state index >= 15 is 0 Å². The first kappa shape index (κ1) is 11.7. The second-order valence-corrected chi connectivity index (χ2v) is 4.44. The van der Waals surface area contributed by atoms with E-state index in [-0.39, 0.29) is 0 Å². The summed E-state index contributed by atoms with van der Waals surface area (Å²) in [6.07, 6.45) is -1.40. The van der Waals surface area contributed by atoms with E-state index in [0.29, 0.717) is 11.1 Å². The Balaban J connectivity index is 2.32. The minimum absolute atomic E-state index is 0.423. The molecule has 3 rings (SSSR count). The van der Waals surface area contributed by atoms with Gasteiger partial charge in [-0.2, -0.15) is 0 Å². The molecular formula is C15H12O4. The Morgan fingerprint density at radius 1 is 1.00 bits per heavy atom. The molecule has 1 aliphatic carbocycles. The number of fused-ring (bicyclic) bond motifs is 3. The summed E-state index contributed by atoms with van der Waals surface area (Å²) in [5.74, 6) is 0. The average molecular weight is 256 g/mol. The van der Waals surface area contributed by atoms with E-state index in [4.69, 9.17) is 9.84 Å². The Morgan fingerprint density at radius 3 is 1.89 bits per heavy atom. The van der Waals surface area contributed by atoms with Crippen molar-refractivity contribution in [3.63, 3.8) is 0 Å². The Hall–Kier alpha value is -2.33. The maximum atomic E-state index is 11.0. The molecule has 2 N–H and O–H groups in total. The highest BCUT2D eigenvalue weighted by Crippen LogP contribution is 2.49. The molecule has 0 bridgehead atoms. The molecule has 1 aliphatic rings. The lowest BCUT2D eigenvalue weighted by atomic mass is 9.92. The molecule has 0 heterocycles. The van der Waals surface area contributed by atoms with Crippen molar-refractivity contribution in [2.75, 3.05) is 6.61 Å². The van der Waals surface area contributed by atoms with Crippen LogP contribution in [0.2, 0.25) is 0 Å². The monoisotopic (exact) mass is 256 g/mol. The molecule has 96 valence electrons. The zero-order valence-electron chi connectivity index (χ0n) is 10.0. The Morgan fingerprint density at radius 2 is 1.47 bits per heavy atom. The van der Waals surface area contributed by atoms with Gasteiger partial charge < -0.3 is 14.9 Å². The second-order valence-electron chi connectivity index (χ2n) is 4.44. The van der Waals surface area contributed by atoms with Crippen molar-refractivity contribution in [1.82, 2.24) is 0 Å². The molecule has 0 radical (unpaired) electrons. The number of hydrogen-bond acceptors (Lipinski definition) is 3. The summed E-state index contributed by atoms with van der Waals surface area (Å²) < 4.78 is 5.07.